The average molecular weight is 195 g/mol. The summed E-state index contributed by atoms with van der Waals surface area (Å²) < 4.78 is 5.00. The lowest BCUT2D eigenvalue weighted by atomic mass is 10.2. The van der Waals surface area contributed by atoms with Crippen LogP contribution in [-0.4, -0.2) is 41.6 Å². The minimum absolute atomic E-state index is 0.542. The molecule has 2 rings (SSSR count). The maximum atomic E-state index is 10.6. The second kappa shape index (κ2) is 3.89. The van der Waals surface area contributed by atoms with Crippen LogP contribution in [0.25, 0.3) is 0 Å². The van der Waals surface area contributed by atoms with Gasteiger partial charge in [-0.1, -0.05) is 0 Å². The second-order valence-corrected chi connectivity index (χ2v) is 3.39. The summed E-state index contributed by atoms with van der Waals surface area (Å²) in [5, 5.41) is 6.80. The quantitative estimate of drug-likeness (QED) is 0.696. The first-order chi connectivity index (χ1) is 6.85. The van der Waals surface area contributed by atoms with Crippen molar-refractivity contribution in [2.45, 2.75) is 13.1 Å². The van der Waals surface area contributed by atoms with Crippen LogP contribution in [0.4, 0.5) is 0 Å². The van der Waals surface area contributed by atoms with Gasteiger partial charge in [0.25, 0.3) is 0 Å². The molecule has 5 nitrogen and oxygen atoms in total. The van der Waals surface area contributed by atoms with Crippen LogP contribution in [0.2, 0.25) is 0 Å². The third-order valence-electron chi connectivity index (χ3n) is 2.47. The van der Waals surface area contributed by atoms with Gasteiger partial charge < -0.3 is 4.74 Å². The Bertz CT molecular complexity index is 335. The minimum atomic E-state index is 0.542. The average Bonchev–Trinajstić information content (AvgIpc) is 2.73. The van der Waals surface area contributed by atoms with E-state index in [2.05, 4.69) is 15.1 Å². The van der Waals surface area contributed by atoms with Gasteiger partial charge in [0.1, 0.15) is 5.69 Å². The Balaban J connectivity index is 2.03. The molecule has 0 amide bonds. The number of nitrogens with one attached hydrogen (secondary N) is 1. The van der Waals surface area contributed by atoms with Gasteiger partial charge in [0.2, 0.25) is 0 Å². The number of H-pyrrole nitrogens is 1. The van der Waals surface area contributed by atoms with E-state index in [1.807, 2.05) is 0 Å². The Kier molecular flexibility index (Phi) is 2.60. The molecule has 0 atom stereocenters. The molecule has 0 bridgehead atoms. The lowest BCUT2D eigenvalue weighted by Gasteiger charge is -2.13. The van der Waals surface area contributed by atoms with Gasteiger partial charge in [-0.05, 0) is 0 Å². The zero-order valence-electron chi connectivity index (χ0n) is 8.12. The van der Waals surface area contributed by atoms with Gasteiger partial charge in [-0.3, -0.25) is 14.8 Å². The Morgan fingerprint density at radius 1 is 1.64 bits per heavy atom. The van der Waals surface area contributed by atoms with Crippen molar-refractivity contribution in [2.24, 2.45) is 0 Å². The highest BCUT2D eigenvalue weighted by atomic mass is 16.5. The predicted octanol–water partition coefficient (Wildman–Crippen LogP) is 0.184. The molecule has 0 aliphatic carbocycles. The monoisotopic (exact) mass is 195 g/mol. The van der Waals surface area contributed by atoms with Gasteiger partial charge >= 0.3 is 0 Å². The van der Waals surface area contributed by atoms with Crippen molar-refractivity contribution in [2.75, 3.05) is 20.3 Å². The van der Waals surface area contributed by atoms with E-state index in [1.54, 1.807) is 7.11 Å². The van der Waals surface area contributed by atoms with Gasteiger partial charge in [0.05, 0.1) is 12.3 Å². The first-order valence-electron chi connectivity index (χ1n) is 4.57. The van der Waals surface area contributed by atoms with Crippen LogP contribution in [0.3, 0.4) is 0 Å². The molecule has 0 saturated carbocycles. The van der Waals surface area contributed by atoms with Crippen LogP contribution in [0.5, 0.6) is 0 Å². The third-order valence-corrected chi connectivity index (χ3v) is 2.47. The molecule has 0 unspecified atom stereocenters. The Morgan fingerprint density at radius 2 is 2.50 bits per heavy atom. The highest BCUT2D eigenvalue weighted by Gasteiger charge is 2.23. The molecule has 0 aromatic carbocycles. The van der Waals surface area contributed by atoms with Crippen molar-refractivity contribution in [1.82, 2.24) is 15.1 Å². The zero-order chi connectivity index (χ0) is 9.97. The molecule has 1 aromatic rings. The normalized spacial score (nSPS) is 15.8. The topological polar surface area (TPSA) is 58.2 Å². The zero-order valence-corrected chi connectivity index (χ0v) is 8.12. The number of ether oxygens (including phenoxy) is 1. The summed E-state index contributed by atoms with van der Waals surface area (Å²) in [6.45, 7) is 3.23. The number of fused-ring (bicyclic) bond motifs is 1. The molecule has 0 fully saturated rings. The van der Waals surface area contributed by atoms with Gasteiger partial charge in [-0.25, -0.2) is 0 Å². The van der Waals surface area contributed by atoms with E-state index in [0.717, 1.165) is 37.2 Å². The Hall–Kier alpha value is -1.20. The summed E-state index contributed by atoms with van der Waals surface area (Å²) in [5.41, 5.74) is 2.64. The number of nitrogens with zero attached hydrogens (tertiary/aromatic N) is 2. The van der Waals surface area contributed by atoms with Crippen LogP contribution < -0.4 is 0 Å². The maximum absolute atomic E-state index is 10.6. The number of carbonyl (C=O) groups excluding carboxylic acids is 1. The fourth-order valence-electron chi connectivity index (χ4n) is 1.70. The maximum Gasteiger partial charge on any atom is 0.170 e. The van der Waals surface area contributed by atoms with Crippen LogP contribution in [0.15, 0.2) is 0 Å². The van der Waals surface area contributed by atoms with Crippen molar-refractivity contribution < 1.29 is 9.53 Å². The lowest BCUT2D eigenvalue weighted by molar-refractivity contribution is 0.111. The summed E-state index contributed by atoms with van der Waals surface area (Å²) >= 11 is 0. The highest BCUT2D eigenvalue weighted by Crippen LogP contribution is 2.22. The first kappa shape index (κ1) is 9.36. The first-order valence-corrected chi connectivity index (χ1v) is 4.57. The van der Waals surface area contributed by atoms with Gasteiger partial charge in [0, 0.05) is 32.3 Å². The largest absolute Gasteiger partial charge is 0.383 e. The summed E-state index contributed by atoms with van der Waals surface area (Å²) in [4.78, 5) is 12.8. The molecular formula is C9H13N3O2. The molecule has 1 aliphatic rings. The number of aldehydes is 1. The van der Waals surface area contributed by atoms with Gasteiger partial charge in [0.15, 0.2) is 6.29 Å². The number of rotatable bonds is 4. The Morgan fingerprint density at radius 3 is 3.21 bits per heavy atom. The van der Waals surface area contributed by atoms with E-state index in [9.17, 15) is 4.79 Å². The van der Waals surface area contributed by atoms with Gasteiger partial charge in [-0.2, -0.15) is 5.10 Å². The summed E-state index contributed by atoms with van der Waals surface area (Å²) in [7, 11) is 1.69. The molecular weight excluding hydrogens is 182 g/mol. The van der Waals surface area contributed by atoms with Crippen LogP contribution in [-0.2, 0) is 17.8 Å². The second-order valence-electron chi connectivity index (χ2n) is 3.39. The van der Waals surface area contributed by atoms with Crippen molar-refractivity contribution in [3.05, 3.63) is 17.0 Å². The van der Waals surface area contributed by atoms with Crippen molar-refractivity contribution in [3.8, 4) is 0 Å². The van der Waals surface area contributed by atoms with E-state index >= 15 is 0 Å². The van der Waals surface area contributed by atoms with Gasteiger partial charge in [-0.15, -0.1) is 0 Å². The van der Waals surface area contributed by atoms with E-state index < -0.39 is 0 Å². The fraction of sp³-hybridized carbons (Fsp3) is 0.556. The number of aromatic amines is 1. The molecule has 2 heterocycles. The number of hydrogen-bond donors (Lipinski definition) is 1. The summed E-state index contributed by atoms with van der Waals surface area (Å²) in [6.07, 6.45) is 0.801. The molecule has 14 heavy (non-hydrogen) atoms. The van der Waals surface area contributed by atoms with Crippen LogP contribution >= 0.6 is 0 Å². The smallest absolute Gasteiger partial charge is 0.170 e. The van der Waals surface area contributed by atoms with E-state index in [4.69, 9.17) is 4.74 Å². The Labute approximate surface area is 82.0 Å². The number of carbonyl (C=O) groups is 1. The van der Waals surface area contributed by atoms with E-state index in [-0.39, 0.29) is 0 Å². The van der Waals surface area contributed by atoms with E-state index in [0.29, 0.717) is 12.3 Å². The number of methoxy groups -OCH3 is 1. The van der Waals surface area contributed by atoms with E-state index in [1.165, 1.54) is 0 Å². The fourth-order valence-corrected chi connectivity index (χ4v) is 1.70. The number of hydrogen-bond acceptors (Lipinski definition) is 4. The number of aromatic nitrogens is 2. The van der Waals surface area contributed by atoms with Crippen molar-refractivity contribution in [3.63, 3.8) is 0 Å². The SMILES string of the molecule is COCCN1Cc2[nH]nc(C=O)c2C1. The molecule has 1 aromatic heterocycles. The molecule has 0 saturated heterocycles. The molecule has 5 heteroatoms. The molecule has 76 valence electrons. The van der Waals surface area contributed by atoms with Crippen LogP contribution in [0, 0.1) is 0 Å². The lowest BCUT2D eigenvalue weighted by Crippen LogP contribution is -2.21. The third kappa shape index (κ3) is 1.56. The summed E-state index contributed by atoms with van der Waals surface area (Å²) in [6, 6.07) is 0. The molecule has 1 N–H and O–H groups in total. The standard InChI is InChI=1S/C9H13N3O2/c1-14-3-2-12-4-7-8(5-12)10-11-9(7)6-13/h6H,2-5H2,1H3,(H,10,11). The minimum Gasteiger partial charge on any atom is -0.383 e. The van der Waals surface area contributed by atoms with Crippen molar-refractivity contribution in [1.29, 1.82) is 0 Å². The highest BCUT2D eigenvalue weighted by molar-refractivity contribution is 5.74. The molecule has 0 radical (unpaired) electrons. The molecule has 1 aliphatic heterocycles. The van der Waals surface area contributed by atoms with Crippen LogP contribution in [0.1, 0.15) is 21.7 Å². The predicted molar refractivity (Wildman–Crippen MR) is 50.0 cm³/mol. The van der Waals surface area contributed by atoms with Crippen molar-refractivity contribution >= 4 is 6.29 Å². The summed E-state index contributed by atoms with van der Waals surface area (Å²) in [5.74, 6) is 0. The molecule has 0 spiro atoms.